The number of piperazine rings is 1. The Kier molecular flexibility index (Phi) is 6.37. The van der Waals surface area contributed by atoms with Crippen molar-refractivity contribution in [1.82, 2.24) is 20.2 Å². The molecule has 2 aliphatic heterocycles. The Balaban J connectivity index is 1.34. The number of nitrogens with one attached hydrogen (secondary N) is 2. The molecule has 1 aliphatic carbocycles. The molecule has 1 amide bonds. The van der Waals surface area contributed by atoms with Gasteiger partial charge in [0.25, 0.3) is 0 Å². The Hall–Kier alpha value is -2.46. The number of carbonyl (C=O) groups excluding carboxylic acids is 1. The molecule has 10 heteroatoms. The van der Waals surface area contributed by atoms with E-state index in [1.165, 1.54) is 6.33 Å². The average molecular weight is 487 g/mol. The summed E-state index contributed by atoms with van der Waals surface area (Å²) in [5.74, 6) is 1.23. The number of halogens is 1. The largest absolute Gasteiger partial charge is 0.441 e. The lowest BCUT2D eigenvalue weighted by Gasteiger charge is -2.41. The minimum atomic E-state index is -0.620. The maximum absolute atomic E-state index is 11.8. The van der Waals surface area contributed by atoms with E-state index in [2.05, 4.69) is 44.2 Å². The van der Waals surface area contributed by atoms with Crippen LogP contribution in [0.15, 0.2) is 30.6 Å². The van der Waals surface area contributed by atoms with Crippen LogP contribution in [0.25, 0.3) is 0 Å². The summed E-state index contributed by atoms with van der Waals surface area (Å²) in [5, 5.41) is 18.4. The van der Waals surface area contributed by atoms with Crippen molar-refractivity contribution in [2.24, 2.45) is 0 Å². The number of fused-ring (bicyclic) bond motifs is 2. The first-order valence-corrected chi connectivity index (χ1v) is 12.2. The monoisotopic (exact) mass is 486 g/mol. The van der Waals surface area contributed by atoms with Crippen molar-refractivity contribution in [2.45, 2.75) is 63.6 Å². The molecule has 0 radical (unpaired) electrons. The highest BCUT2D eigenvalue weighted by molar-refractivity contribution is 6.30. The van der Waals surface area contributed by atoms with Crippen LogP contribution >= 0.6 is 11.6 Å². The second-order valence-corrected chi connectivity index (χ2v) is 10.0. The van der Waals surface area contributed by atoms with Gasteiger partial charge in [0.2, 0.25) is 0 Å². The predicted octanol–water partition coefficient (Wildman–Crippen LogP) is 3.12. The topological polar surface area (TPSA) is 103 Å². The Morgan fingerprint density at radius 2 is 2.00 bits per heavy atom. The molecule has 3 N–H and O–H groups in total. The zero-order chi connectivity index (χ0) is 24.0. The van der Waals surface area contributed by atoms with Crippen LogP contribution in [0.3, 0.4) is 0 Å². The lowest BCUT2D eigenvalue weighted by molar-refractivity contribution is -0.0274. The van der Waals surface area contributed by atoms with E-state index in [0.29, 0.717) is 36.5 Å². The van der Waals surface area contributed by atoms with E-state index in [4.69, 9.17) is 16.3 Å². The molecule has 0 spiro atoms. The Morgan fingerprint density at radius 1 is 1.24 bits per heavy atom. The van der Waals surface area contributed by atoms with Crippen LogP contribution in [-0.4, -0.2) is 70.1 Å². The summed E-state index contributed by atoms with van der Waals surface area (Å²) in [6, 6.07) is 8.56. The van der Waals surface area contributed by atoms with Crippen LogP contribution in [-0.2, 0) is 4.74 Å². The van der Waals surface area contributed by atoms with Crippen LogP contribution in [0.4, 0.5) is 16.4 Å². The van der Waals surface area contributed by atoms with Gasteiger partial charge in [0, 0.05) is 48.7 Å². The predicted molar refractivity (Wildman–Crippen MR) is 130 cm³/mol. The molecule has 0 bridgehead atoms. The second kappa shape index (κ2) is 9.30. The summed E-state index contributed by atoms with van der Waals surface area (Å²) >= 11 is 6.11. The number of ether oxygens (including phenoxy) is 1. The number of nitrogens with zero attached hydrogens (tertiary/aromatic N) is 4. The highest BCUT2D eigenvalue weighted by Gasteiger charge is 2.53. The summed E-state index contributed by atoms with van der Waals surface area (Å²) in [6.45, 7) is 8.15. The highest BCUT2D eigenvalue weighted by atomic mass is 35.5. The van der Waals surface area contributed by atoms with Crippen molar-refractivity contribution in [1.29, 1.82) is 0 Å². The number of anilines is 2. The number of aliphatic hydroxyl groups is 1. The van der Waals surface area contributed by atoms with Crippen molar-refractivity contribution >= 4 is 29.3 Å². The molecular weight excluding hydrogens is 456 g/mol. The molecule has 9 nitrogen and oxygen atoms in total. The third-order valence-corrected chi connectivity index (χ3v) is 7.19. The third-order valence-electron chi connectivity index (χ3n) is 6.94. The van der Waals surface area contributed by atoms with Crippen molar-refractivity contribution in [3.8, 4) is 0 Å². The van der Waals surface area contributed by atoms with Crippen molar-refractivity contribution in [3.05, 3.63) is 46.7 Å². The number of amides is 1. The molecule has 1 saturated carbocycles. The van der Waals surface area contributed by atoms with E-state index in [0.717, 1.165) is 23.4 Å². The van der Waals surface area contributed by atoms with Gasteiger partial charge in [0.15, 0.2) is 0 Å². The first-order chi connectivity index (χ1) is 16.3. The molecule has 1 unspecified atom stereocenters. The SMILES string of the molecule is CC(C)NC[C@H](c1ccc(Cl)cc1)C(O)N1CCN(c2ncnc3c2[C@H](C)OC(=O)N3)[C@@H]2C[C@@H]21. The first kappa shape index (κ1) is 23.3. The Morgan fingerprint density at radius 3 is 2.74 bits per heavy atom. The lowest BCUT2D eigenvalue weighted by Crippen LogP contribution is -2.53. The molecule has 3 aliphatic rings. The molecule has 2 aromatic rings. The van der Waals surface area contributed by atoms with Gasteiger partial charge in [-0.2, -0.15) is 0 Å². The van der Waals surface area contributed by atoms with Crippen molar-refractivity contribution < 1.29 is 14.6 Å². The van der Waals surface area contributed by atoms with Crippen LogP contribution in [0.5, 0.6) is 0 Å². The van der Waals surface area contributed by atoms with Gasteiger partial charge in [-0.25, -0.2) is 14.8 Å². The zero-order valence-corrected chi connectivity index (χ0v) is 20.4. The van der Waals surface area contributed by atoms with Crippen LogP contribution in [0, 0.1) is 0 Å². The smallest absolute Gasteiger partial charge is 0.413 e. The Labute approximate surface area is 204 Å². The molecule has 5 rings (SSSR count). The number of hydrogen-bond donors (Lipinski definition) is 3. The maximum Gasteiger partial charge on any atom is 0.413 e. The molecule has 34 heavy (non-hydrogen) atoms. The quantitative estimate of drug-likeness (QED) is 0.548. The maximum atomic E-state index is 11.8. The number of benzene rings is 1. The second-order valence-electron chi connectivity index (χ2n) is 9.57. The molecule has 1 aromatic heterocycles. The molecule has 3 heterocycles. The first-order valence-electron chi connectivity index (χ1n) is 11.8. The number of cyclic esters (lactones) is 1. The number of aliphatic hydroxyl groups excluding tert-OH is 1. The minimum absolute atomic E-state index is 0.0806. The fourth-order valence-corrected chi connectivity index (χ4v) is 5.27. The van der Waals surface area contributed by atoms with E-state index >= 15 is 0 Å². The number of carbonyl (C=O) groups is 1. The lowest BCUT2D eigenvalue weighted by atomic mass is 9.95. The normalized spacial score (nSPS) is 25.8. The van der Waals surface area contributed by atoms with Crippen molar-refractivity contribution in [3.63, 3.8) is 0 Å². The summed E-state index contributed by atoms with van der Waals surface area (Å²) in [4.78, 5) is 25.0. The number of rotatable bonds is 7. The molecule has 1 saturated heterocycles. The van der Waals surface area contributed by atoms with Gasteiger partial charge in [0.1, 0.15) is 30.3 Å². The van der Waals surface area contributed by atoms with Crippen molar-refractivity contribution in [2.75, 3.05) is 29.9 Å². The summed E-state index contributed by atoms with van der Waals surface area (Å²) in [6.07, 6.45) is 0.898. The molecule has 2 fully saturated rings. The van der Waals surface area contributed by atoms with Gasteiger partial charge in [-0.05, 0) is 31.0 Å². The van der Waals surface area contributed by atoms with Gasteiger partial charge >= 0.3 is 6.09 Å². The van der Waals surface area contributed by atoms with Gasteiger partial charge in [-0.1, -0.05) is 37.6 Å². The van der Waals surface area contributed by atoms with Crippen LogP contribution in [0.1, 0.15) is 50.3 Å². The van der Waals surface area contributed by atoms with Gasteiger partial charge in [-0.15, -0.1) is 0 Å². The number of aromatic nitrogens is 2. The average Bonchev–Trinajstić information content (AvgIpc) is 3.60. The van der Waals surface area contributed by atoms with E-state index in [-0.39, 0.29) is 18.0 Å². The molecule has 1 aromatic carbocycles. The Bertz CT molecular complexity index is 1050. The van der Waals surface area contributed by atoms with E-state index in [1.807, 2.05) is 31.2 Å². The molecular formula is C24H31ClN6O3. The number of hydrogen-bond acceptors (Lipinski definition) is 8. The molecule has 182 valence electrons. The minimum Gasteiger partial charge on any atom is -0.441 e. The van der Waals surface area contributed by atoms with E-state index < -0.39 is 18.4 Å². The van der Waals surface area contributed by atoms with E-state index in [9.17, 15) is 9.90 Å². The summed E-state index contributed by atoms with van der Waals surface area (Å²) < 4.78 is 5.36. The highest BCUT2D eigenvalue weighted by Crippen LogP contribution is 2.44. The summed E-state index contributed by atoms with van der Waals surface area (Å²) in [7, 11) is 0. The van der Waals surface area contributed by atoms with Crippen LogP contribution in [0.2, 0.25) is 5.02 Å². The third kappa shape index (κ3) is 4.45. The molecule has 5 atom stereocenters. The van der Waals surface area contributed by atoms with Gasteiger partial charge in [-0.3, -0.25) is 10.2 Å². The fraction of sp³-hybridized carbons (Fsp3) is 0.542. The van der Waals surface area contributed by atoms with Gasteiger partial charge < -0.3 is 20.1 Å². The van der Waals surface area contributed by atoms with E-state index in [1.54, 1.807) is 0 Å². The fourth-order valence-electron chi connectivity index (χ4n) is 5.14. The van der Waals surface area contributed by atoms with Crippen LogP contribution < -0.4 is 15.5 Å². The zero-order valence-electron chi connectivity index (χ0n) is 19.6. The standard InChI is InChI=1S/C24H31ClN6O3/c1-13(2)26-11-17(15-4-6-16(25)7-5-15)23(32)31-9-8-30(18-10-19(18)31)22-20-14(3)34-24(33)29-21(20)27-12-28-22/h4-7,12-14,17-19,23,26,32H,8-11H2,1-3H3,(H,27,28,29,33)/t14-,17+,18+,19-,23?/m0/s1. The van der Waals surface area contributed by atoms with Gasteiger partial charge in [0.05, 0.1) is 5.56 Å². The summed E-state index contributed by atoms with van der Waals surface area (Å²) in [5.41, 5.74) is 1.87.